The van der Waals surface area contributed by atoms with Gasteiger partial charge < -0.3 is 9.47 Å². The summed E-state index contributed by atoms with van der Waals surface area (Å²) in [6.45, 7) is 0. The van der Waals surface area contributed by atoms with Crippen molar-refractivity contribution in [2.24, 2.45) is 0 Å². The summed E-state index contributed by atoms with van der Waals surface area (Å²) in [5.74, 6) is -0.662. The number of methoxy groups -OCH3 is 2. The fraction of sp³-hybridized carbons (Fsp3) is 0.143. The van der Waals surface area contributed by atoms with E-state index in [1.54, 1.807) is 49.1 Å². The maximum atomic E-state index is 10.8. The van der Waals surface area contributed by atoms with Gasteiger partial charge in [-0.05, 0) is 24.3 Å². The Balaban J connectivity index is 0.000000200. The predicted octanol–water partition coefficient (Wildman–Crippen LogP) is 1.74. The van der Waals surface area contributed by atoms with Gasteiger partial charge in [0.25, 0.3) is 0 Å². The first-order valence-corrected chi connectivity index (χ1v) is 5.65. The number of carbonyl (C=O) groups is 2. The summed E-state index contributed by atoms with van der Waals surface area (Å²) in [7, 11) is 2.70. The number of esters is 2. The molecular weight excluding hydrogens is 260 g/mol. The zero-order valence-electron chi connectivity index (χ0n) is 11.1. The van der Waals surface area contributed by atoms with Crippen molar-refractivity contribution in [3.8, 4) is 0 Å². The predicted molar refractivity (Wildman–Crippen MR) is 71.2 cm³/mol. The Bertz CT molecular complexity index is 492. The minimum absolute atomic E-state index is 0.331. The van der Waals surface area contributed by atoms with Crippen molar-refractivity contribution in [3.63, 3.8) is 0 Å². The van der Waals surface area contributed by atoms with E-state index < -0.39 is 0 Å². The Morgan fingerprint density at radius 2 is 1.05 bits per heavy atom. The molecule has 0 fully saturated rings. The molecule has 0 saturated heterocycles. The molecule has 6 nitrogen and oxygen atoms in total. The van der Waals surface area contributed by atoms with E-state index in [4.69, 9.17) is 0 Å². The highest BCUT2D eigenvalue weighted by Crippen LogP contribution is 1.97. The molecule has 0 bridgehead atoms. The van der Waals surface area contributed by atoms with Crippen LogP contribution >= 0.6 is 0 Å². The van der Waals surface area contributed by atoms with E-state index in [0.717, 1.165) is 0 Å². The summed E-state index contributed by atoms with van der Waals surface area (Å²) in [4.78, 5) is 29.0. The van der Waals surface area contributed by atoms with Gasteiger partial charge in [-0.2, -0.15) is 0 Å². The van der Waals surface area contributed by atoms with Crippen molar-refractivity contribution < 1.29 is 19.1 Å². The quantitative estimate of drug-likeness (QED) is 0.776. The van der Waals surface area contributed by atoms with E-state index in [-0.39, 0.29) is 11.9 Å². The van der Waals surface area contributed by atoms with Crippen molar-refractivity contribution in [2.75, 3.05) is 14.2 Å². The zero-order chi connectivity index (χ0) is 14.8. The summed E-state index contributed by atoms with van der Waals surface area (Å²) in [5, 5.41) is 0. The third-order valence-corrected chi connectivity index (χ3v) is 2.20. The van der Waals surface area contributed by atoms with Crippen LogP contribution in [0.2, 0.25) is 0 Å². The van der Waals surface area contributed by atoms with Gasteiger partial charge in [-0.25, -0.2) is 9.59 Å². The molecule has 0 unspecified atom stereocenters. The normalized spacial score (nSPS) is 8.90. The van der Waals surface area contributed by atoms with Gasteiger partial charge in [0.15, 0.2) is 0 Å². The van der Waals surface area contributed by atoms with E-state index in [9.17, 15) is 9.59 Å². The molecule has 0 atom stereocenters. The molecule has 2 rings (SSSR count). The van der Waals surface area contributed by atoms with Crippen LogP contribution in [0.5, 0.6) is 0 Å². The first-order chi connectivity index (χ1) is 9.69. The number of ether oxygens (including phenoxy) is 2. The van der Waals surface area contributed by atoms with Crippen LogP contribution in [0.15, 0.2) is 49.1 Å². The van der Waals surface area contributed by atoms with Crippen molar-refractivity contribution in [2.45, 2.75) is 0 Å². The summed E-state index contributed by atoms with van der Waals surface area (Å²) in [5.41, 5.74) is 1.05. The van der Waals surface area contributed by atoms with E-state index in [2.05, 4.69) is 19.4 Å². The first-order valence-electron chi connectivity index (χ1n) is 5.65. The first kappa shape index (κ1) is 15.3. The third-order valence-electron chi connectivity index (χ3n) is 2.20. The van der Waals surface area contributed by atoms with Crippen molar-refractivity contribution in [1.29, 1.82) is 0 Å². The Morgan fingerprint density at radius 3 is 1.30 bits per heavy atom. The summed E-state index contributed by atoms with van der Waals surface area (Å²) in [6.07, 6.45) is 6.19. The fourth-order valence-electron chi connectivity index (χ4n) is 1.21. The van der Waals surface area contributed by atoms with Gasteiger partial charge in [-0.15, -0.1) is 0 Å². The molecule has 20 heavy (non-hydrogen) atoms. The number of rotatable bonds is 2. The summed E-state index contributed by atoms with van der Waals surface area (Å²) in [6, 6.07) is 6.41. The maximum Gasteiger partial charge on any atom is 0.337 e. The van der Waals surface area contributed by atoms with Gasteiger partial charge in [-0.1, -0.05) is 0 Å². The van der Waals surface area contributed by atoms with Crippen molar-refractivity contribution >= 4 is 11.9 Å². The average Bonchev–Trinajstić information content (AvgIpc) is 2.55. The Labute approximate surface area is 116 Å². The summed E-state index contributed by atoms with van der Waals surface area (Å²) < 4.78 is 8.94. The largest absolute Gasteiger partial charge is 0.465 e. The molecule has 0 spiro atoms. The maximum absolute atomic E-state index is 10.8. The van der Waals surface area contributed by atoms with Crippen molar-refractivity contribution in [3.05, 3.63) is 60.2 Å². The molecule has 6 heteroatoms. The van der Waals surface area contributed by atoms with Gasteiger partial charge in [-0.3, -0.25) is 9.97 Å². The topological polar surface area (TPSA) is 78.4 Å². The number of aromatic nitrogens is 2. The van der Waals surface area contributed by atoms with E-state index in [1.165, 1.54) is 14.2 Å². The Hall–Kier alpha value is -2.76. The van der Waals surface area contributed by atoms with Crippen LogP contribution in [0.4, 0.5) is 0 Å². The van der Waals surface area contributed by atoms with Crippen LogP contribution in [0.1, 0.15) is 20.7 Å². The SMILES string of the molecule is COC(=O)c1ccncc1.COC(=O)c1ccncc1. The monoisotopic (exact) mass is 274 g/mol. The molecule has 0 radical (unpaired) electrons. The summed E-state index contributed by atoms with van der Waals surface area (Å²) >= 11 is 0. The molecule has 0 N–H and O–H groups in total. The molecule has 0 aliphatic heterocycles. The van der Waals surface area contributed by atoms with Gasteiger partial charge in [0.2, 0.25) is 0 Å². The van der Waals surface area contributed by atoms with Crippen molar-refractivity contribution in [1.82, 2.24) is 9.97 Å². The lowest BCUT2D eigenvalue weighted by atomic mass is 10.3. The number of nitrogens with zero attached hydrogens (tertiary/aromatic N) is 2. The molecule has 0 aliphatic carbocycles. The molecule has 0 saturated carbocycles. The molecule has 2 aromatic heterocycles. The minimum Gasteiger partial charge on any atom is -0.465 e. The second kappa shape index (κ2) is 8.36. The van der Waals surface area contributed by atoms with Crippen LogP contribution in [0.3, 0.4) is 0 Å². The minimum atomic E-state index is -0.331. The lowest BCUT2D eigenvalue weighted by Gasteiger charge is -1.95. The molecule has 2 aromatic rings. The van der Waals surface area contributed by atoms with Crippen LogP contribution in [0, 0.1) is 0 Å². The molecule has 104 valence electrons. The van der Waals surface area contributed by atoms with E-state index in [0.29, 0.717) is 11.1 Å². The smallest absolute Gasteiger partial charge is 0.337 e. The standard InChI is InChI=1S/2C7H7NO2/c2*1-10-7(9)6-2-4-8-5-3-6/h2*2-5H,1H3. The fourth-order valence-corrected chi connectivity index (χ4v) is 1.21. The molecule has 0 aliphatic rings. The van der Waals surface area contributed by atoms with Gasteiger partial charge in [0.1, 0.15) is 0 Å². The molecule has 0 aromatic carbocycles. The van der Waals surface area contributed by atoms with Crippen LogP contribution < -0.4 is 0 Å². The average molecular weight is 274 g/mol. The molecule has 2 heterocycles. The number of pyridine rings is 2. The van der Waals surface area contributed by atoms with E-state index in [1.807, 2.05) is 0 Å². The molecule has 0 amide bonds. The van der Waals surface area contributed by atoms with Crippen LogP contribution in [-0.4, -0.2) is 36.1 Å². The second-order valence-electron chi connectivity index (χ2n) is 3.45. The van der Waals surface area contributed by atoms with Crippen LogP contribution in [-0.2, 0) is 9.47 Å². The highest BCUT2D eigenvalue weighted by molar-refractivity contribution is 5.89. The number of hydrogen-bond acceptors (Lipinski definition) is 6. The lowest BCUT2D eigenvalue weighted by Crippen LogP contribution is -2.00. The van der Waals surface area contributed by atoms with Gasteiger partial charge in [0, 0.05) is 24.8 Å². The number of carbonyl (C=O) groups excluding carboxylic acids is 2. The zero-order valence-corrected chi connectivity index (χ0v) is 11.1. The Kier molecular flexibility index (Phi) is 6.40. The van der Waals surface area contributed by atoms with E-state index >= 15 is 0 Å². The van der Waals surface area contributed by atoms with Gasteiger partial charge in [0.05, 0.1) is 25.3 Å². The third kappa shape index (κ3) is 4.85. The highest BCUT2D eigenvalue weighted by Gasteiger charge is 2.01. The second-order valence-corrected chi connectivity index (χ2v) is 3.45. The Morgan fingerprint density at radius 1 is 0.750 bits per heavy atom. The number of hydrogen-bond donors (Lipinski definition) is 0. The van der Waals surface area contributed by atoms with Gasteiger partial charge >= 0.3 is 11.9 Å². The van der Waals surface area contributed by atoms with Crippen LogP contribution in [0.25, 0.3) is 0 Å². The lowest BCUT2D eigenvalue weighted by molar-refractivity contribution is 0.0591. The molecular formula is C14H14N2O4. The highest BCUT2D eigenvalue weighted by atomic mass is 16.5.